The molecule has 0 radical (unpaired) electrons. The molecular weight excluding hydrogens is 284 g/mol. The average Bonchev–Trinajstić information content (AvgIpc) is 3.06. The Morgan fingerprint density at radius 2 is 2.37 bits per heavy atom. The van der Waals surface area contributed by atoms with Gasteiger partial charge in [0, 0.05) is 29.2 Å². The number of rotatable bonds is 6. The molecule has 104 valence electrons. The van der Waals surface area contributed by atoms with Gasteiger partial charge in [0.15, 0.2) is 0 Å². The summed E-state index contributed by atoms with van der Waals surface area (Å²) in [4.78, 5) is 8.10. The largest absolute Gasteiger partial charge is 0.347 e. The van der Waals surface area contributed by atoms with Crippen LogP contribution in [0.25, 0.3) is 0 Å². The van der Waals surface area contributed by atoms with E-state index in [1.54, 1.807) is 23.8 Å². The zero-order valence-corrected chi connectivity index (χ0v) is 12.1. The number of H-pyrrole nitrogens is 1. The van der Waals surface area contributed by atoms with E-state index in [-0.39, 0.29) is 10.9 Å². The first-order valence-corrected chi connectivity index (χ1v) is 8.22. The smallest absolute Gasteiger partial charge is 0.242 e. The highest BCUT2D eigenvalue weighted by molar-refractivity contribution is 7.89. The molecule has 0 fully saturated rings. The van der Waals surface area contributed by atoms with Gasteiger partial charge in [-0.05, 0) is 12.5 Å². The lowest BCUT2D eigenvalue weighted by Gasteiger charge is -2.14. The van der Waals surface area contributed by atoms with Gasteiger partial charge in [-0.3, -0.25) is 0 Å². The fraction of sp³-hybridized carbons (Fsp3) is 0.364. The molecule has 1 atom stereocenters. The molecule has 2 aromatic rings. The van der Waals surface area contributed by atoms with E-state index in [1.165, 1.54) is 11.3 Å². The number of sulfonamides is 1. The molecule has 0 aliphatic rings. The van der Waals surface area contributed by atoms with E-state index < -0.39 is 10.0 Å². The van der Waals surface area contributed by atoms with Crippen LogP contribution in [0.2, 0.25) is 0 Å². The van der Waals surface area contributed by atoms with Gasteiger partial charge in [-0.2, -0.15) is 0 Å². The molecule has 0 spiro atoms. The van der Waals surface area contributed by atoms with Gasteiger partial charge in [0.05, 0.1) is 10.9 Å². The van der Waals surface area contributed by atoms with Crippen molar-refractivity contribution in [1.82, 2.24) is 14.7 Å². The van der Waals surface area contributed by atoms with Crippen LogP contribution < -0.4 is 10.5 Å². The summed E-state index contributed by atoms with van der Waals surface area (Å²) in [5.41, 5.74) is 5.49. The molecule has 2 aromatic heterocycles. The lowest BCUT2D eigenvalue weighted by atomic mass is 10.2. The van der Waals surface area contributed by atoms with Crippen LogP contribution in [0.5, 0.6) is 0 Å². The van der Waals surface area contributed by atoms with Crippen LogP contribution in [0.15, 0.2) is 28.7 Å². The minimum absolute atomic E-state index is 0.253. The van der Waals surface area contributed by atoms with E-state index in [0.29, 0.717) is 18.8 Å². The van der Waals surface area contributed by atoms with Gasteiger partial charge in [0.2, 0.25) is 10.0 Å². The monoisotopic (exact) mass is 300 g/mol. The molecule has 8 heteroatoms. The average molecular weight is 300 g/mol. The maximum Gasteiger partial charge on any atom is 0.242 e. The minimum atomic E-state index is -3.54. The number of aromatic amines is 1. The van der Waals surface area contributed by atoms with Gasteiger partial charge in [-0.1, -0.05) is 6.92 Å². The third kappa shape index (κ3) is 3.21. The zero-order valence-electron chi connectivity index (χ0n) is 10.5. The lowest BCUT2D eigenvalue weighted by Crippen LogP contribution is -2.28. The highest BCUT2D eigenvalue weighted by Crippen LogP contribution is 2.21. The number of hydrogen-bond acceptors (Lipinski definition) is 5. The fourth-order valence-electron chi connectivity index (χ4n) is 1.66. The highest BCUT2D eigenvalue weighted by atomic mass is 32.2. The van der Waals surface area contributed by atoms with Gasteiger partial charge < -0.3 is 10.7 Å². The van der Waals surface area contributed by atoms with Crippen LogP contribution in [-0.4, -0.2) is 18.4 Å². The molecule has 2 rings (SSSR count). The summed E-state index contributed by atoms with van der Waals surface area (Å²) in [5, 5.41) is 1.60. The number of nitrogens with one attached hydrogen (secondary N) is 2. The SMILES string of the molecule is CCC(NS(=O)(=O)c1csc(CN)c1)c1ncc[nH]1. The zero-order chi connectivity index (χ0) is 13.9. The summed E-state index contributed by atoms with van der Waals surface area (Å²) in [6.45, 7) is 2.24. The molecule has 0 saturated carbocycles. The van der Waals surface area contributed by atoms with E-state index in [4.69, 9.17) is 5.73 Å². The number of hydrogen-bond donors (Lipinski definition) is 3. The highest BCUT2D eigenvalue weighted by Gasteiger charge is 2.22. The van der Waals surface area contributed by atoms with Crippen LogP contribution in [0.3, 0.4) is 0 Å². The van der Waals surface area contributed by atoms with Crippen LogP contribution in [0.1, 0.15) is 30.1 Å². The van der Waals surface area contributed by atoms with Crippen molar-refractivity contribution in [3.05, 3.63) is 34.5 Å². The third-order valence-corrected chi connectivity index (χ3v) is 5.26. The Hall–Kier alpha value is -1.22. The molecule has 0 aliphatic heterocycles. The van der Waals surface area contributed by atoms with Gasteiger partial charge in [-0.25, -0.2) is 18.1 Å². The molecule has 0 aromatic carbocycles. The van der Waals surface area contributed by atoms with E-state index in [1.807, 2.05) is 6.92 Å². The van der Waals surface area contributed by atoms with Gasteiger partial charge in [-0.15, -0.1) is 11.3 Å². The molecule has 0 aliphatic carbocycles. The van der Waals surface area contributed by atoms with Crippen molar-refractivity contribution in [2.45, 2.75) is 30.8 Å². The second-order valence-electron chi connectivity index (χ2n) is 4.01. The van der Waals surface area contributed by atoms with E-state index in [0.717, 1.165) is 4.88 Å². The molecular formula is C11H16N4O2S2. The summed E-state index contributed by atoms with van der Waals surface area (Å²) >= 11 is 1.34. The topological polar surface area (TPSA) is 101 Å². The second-order valence-corrected chi connectivity index (χ2v) is 6.72. The third-order valence-electron chi connectivity index (χ3n) is 2.70. The number of thiophene rings is 1. The van der Waals surface area contributed by atoms with Crippen molar-refractivity contribution in [3.8, 4) is 0 Å². The van der Waals surface area contributed by atoms with Crippen LogP contribution in [-0.2, 0) is 16.6 Å². The summed E-state index contributed by atoms with van der Waals surface area (Å²) in [6.07, 6.45) is 3.88. The summed E-state index contributed by atoms with van der Waals surface area (Å²) in [5.74, 6) is 0.611. The minimum Gasteiger partial charge on any atom is -0.347 e. The molecule has 4 N–H and O–H groups in total. The Bertz CT molecular complexity index is 619. The molecule has 6 nitrogen and oxygen atoms in total. The summed E-state index contributed by atoms with van der Waals surface area (Å²) in [7, 11) is -3.54. The van der Waals surface area contributed by atoms with Crippen molar-refractivity contribution >= 4 is 21.4 Å². The van der Waals surface area contributed by atoms with Crippen LogP contribution in [0, 0.1) is 0 Å². The molecule has 0 bridgehead atoms. The fourth-order valence-corrected chi connectivity index (χ4v) is 4.10. The summed E-state index contributed by atoms with van der Waals surface area (Å²) in [6, 6.07) is 1.24. The normalized spacial score (nSPS) is 13.6. The number of nitrogens with zero attached hydrogens (tertiary/aromatic N) is 1. The number of aromatic nitrogens is 2. The lowest BCUT2D eigenvalue weighted by molar-refractivity contribution is 0.539. The Labute approximate surface area is 116 Å². The molecule has 1 unspecified atom stereocenters. The first-order valence-electron chi connectivity index (χ1n) is 5.86. The van der Waals surface area contributed by atoms with E-state index in [2.05, 4.69) is 14.7 Å². The second kappa shape index (κ2) is 5.83. The van der Waals surface area contributed by atoms with E-state index >= 15 is 0 Å². The molecule has 19 heavy (non-hydrogen) atoms. The van der Waals surface area contributed by atoms with Crippen molar-refractivity contribution < 1.29 is 8.42 Å². The maximum atomic E-state index is 12.2. The maximum absolute atomic E-state index is 12.2. The Balaban J connectivity index is 2.20. The molecule has 2 heterocycles. The quantitative estimate of drug-likeness (QED) is 0.749. The van der Waals surface area contributed by atoms with Gasteiger partial charge in [0.1, 0.15) is 5.82 Å². The van der Waals surface area contributed by atoms with Crippen molar-refractivity contribution in [2.75, 3.05) is 0 Å². The van der Waals surface area contributed by atoms with Crippen molar-refractivity contribution in [2.24, 2.45) is 5.73 Å². The van der Waals surface area contributed by atoms with E-state index in [9.17, 15) is 8.42 Å². The van der Waals surface area contributed by atoms with Gasteiger partial charge >= 0.3 is 0 Å². The number of imidazole rings is 1. The number of nitrogens with two attached hydrogens (primary N) is 1. The van der Waals surface area contributed by atoms with Gasteiger partial charge in [0.25, 0.3) is 0 Å². The Morgan fingerprint density at radius 1 is 1.58 bits per heavy atom. The Morgan fingerprint density at radius 3 is 2.89 bits per heavy atom. The molecule has 0 amide bonds. The first-order chi connectivity index (χ1) is 9.06. The summed E-state index contributed by atoms with van der Waals surface area (Å²) < 4.78 is 27.1. The predicted molar refractivity (Wildman–Crippen MR) is 74.2 cm³/mol. The standard InChI is InChI=1S/C11H16N4O2S2/c1-2-10(11-13-3-4-14-11)15-19(16,17)9-5-8(6-12)18-7-9/h3-5,7,10,15H,2,6,12H2,1H3,(H,13,14). The van der Waals surface area contributed by atoms with Crippen molar-refractivity contribution in [1.29, 1.82) is 0 Å². The van der Waals surface area contributed by atoms with Crippen LogP contribution in [0.4, 0.5) is 0 Å². The first kappa shape index (κ1) is 14.2. The van der Waals surface area contributed by atoms with Crippen molar-refractivity contribution in [3.63, 3.8) is 0 Å². The van der Waals surface area contributed by atoms with Crippen LogP contribution >= 0.6 is 11.3 Å². The molecule has 0 saturated heterocycles. The Kier molecular flexibility index (Phi) is 4.35. The predicted octanol–water partition coefficient (Wildman–Crippen LogP) is 1.36.